The third kappa shape index (κ3) is 2.91. The standard InChI is InChI=1S/C18H20O4/c1-4-7-13-16(21-2)11-10-14(18(13)22-3)17(20)12-8-5-6-9-15(12)19/h5-6,8-11,19H,4,7H2,1-3H3. The topological polar surface area (TPSA) is 55.8 Å². The van der Waals surface area contributed by atoms with E-state index < -0.39 is 0 Å². The highest BCUT2D eigenvalue weighted by Crippen LogP contribution is 2.35. The first-order chi connectivity index (χ1) is 10.6. The van der Waals surface area contributed by atoms with Crippen molar-refractivity contribution in [1.29, 1.82) is 0 Å². The zero-order chi connectivity index (χ0) is 16.1. The molecule has 0 fully saturated rings. The van der Waals surface area contributed by atoms with E-state index in [-0.39, 0.29) is 17.1 Å². The highest BCUT2D eigenvalue weighted by Gasteiger charge is 2.21. The molecule has 2 aromatic rings. The Bertz CT molecular complexity index is 677. The highest BCUT2D eigenvalue weighted by atomic mass is 16.5. The van der Waals surface area contributed by atoms with Gasteiger partial charge >= 0.3 is 0 Å². The fourth-order valence-electron chi connectivity index (χ4n) is 2.51. The number of para-hydroxylation sites is 1. The Kier molecular flexibility index (Phi) is 5.04. The van der Waals surface area contributed by atoms with Crippen molar-refractivity contribution < 1.29 is 19.4 Å². The SMILES string of the molecule is CCCc1c(OC)ccc(C(=O)c2ccccc2O)c1OC. The van der Waals surface area contributed by atoms with Crippen LogP contribution in [0.25, 0.3) is 0 Å². The van der Waals surface area contributed by atoms with Crippen LogP contribution >= 0.6 is 0 Å². The lowest BCUT2D eigenvalue weighted by atomic mass is 9.97. The molecule has 0 spiro atoms. The van der Waals surface area contributed by atoms with Gasteiger partial charge in [0.25, 0.3) is 0 Å². The maximum Gasteiger partial charge on any atom is 0.200 e. The Balaban J connectivity index is 2.58. The smallest absolute Gasteiger partial charge is 0.200 e. The lowest BCUT2D eigenvalue weighted by Crippen LogP contribution is -2.07. The summed E-state index contributed by atoms with van der Waals surface area (Å²) in [6, 6.07) is 9.93. The van der Waals surface area contributed by atoms with Crippen LogP contribution in [0.2, 0.25) is 0 Å². The van der Waals surface area contributed by atoms with Gasteiger partial charge in [0, 0.05) is 5.56 Å². The summed E-state index contributed by atoms with van der Waals surface area (Å²) in [6.45, 7) is 2.05. The molecule has 0 unspecified atom stereocenters. The number of ketones is 1. The first kappa shape index (κ1) is 15.9. The predicted molar refractivity (Wildman–Crippen MR) is 85.1 cm³/mol. The van der Waals surface area contributed by atoms with E-state index in [2.05, 4.69) is 6.92 Å². The average molecular weight is 300 g/mol. The lowest BCUT2D eigenvalue weighted by Gasteiger charge is -2.16. The van der Waals surface area contributed by atoms with Crippen LogP contribution in [0.15, 0.2) is 36.4 Å². The number of aromatic hydroxyl groups is 1. The molecule has 1 N–H and O–H groups in total. The molecule has 116 valence electrons. The predicted octanol–water partition coefficient (Wildman–Crippen LogP) is 3.59. The molecule has 22 heavy (non-hydrogen) atoms. The second kappa shape index (κ2) is 6.98. The normalized spacial score (nSPS) is 10.3. The van der Waals surface area contributed by atoms with Gasteiger partial charge in [-0.25, -0.2) is 0 Å². The van der Waals surface area contributed by atoms with Crippen LogP contribution in [-0.4, -0.2) is 25.1 Å². The molecule has 2 aromatic carbocycles. The summed E-state index contributed by atoms with van der Waals surface area (Å²) in [7, 11) is 3.13. The highest BCUT2D eigenvalue weighted by molar-refractivity contribution is 6.12. The fraction of sp³-hybridized carbons (Fsp3) is 0.278. The molecule has 0 aromatic heterocycles. The number of methoxy groups -OCH3 is 2. The second-order valence-electron chi connectivity index (χ2n) is 4.92. The van der Waals surface area contributed by atoms with Crippen molar-refractivity contribution in [3.05, 3.63) is 53.1 Å². The van der Waals surface area contributed by atoms with Gasteiger partial charge in [-0.1, -0.05) is 25.5 Å². The summed E-state index contributed by atoms with van der Waals surface area (Å²) in [5, 5.41) is 9.89. The first-order valence-corrected chi connectivity index (χ1v) is 7.20. The second-order valence-corrected chi connectivity index (χ2v) is 4.92. The van der Waals surface area contributed by atoms with Crippen molar-refractivity contribution in [3.63, 3.8) is 0 Å². The largest absolute Gasteiger partial charge is 0.507 e. The molecule has 4 nitrogen and oxygen atoms in total. The quantitative estimate of drug-likeness (QED) is 0.828. The van der Waals surface area contributed by atoms with Crippen LogP contribution in [0.1, 0.15) is 34.8 Å². The molecule has 0 saturated carbocycles. The number of rotatable bonds is 6. The van der Waals surface area contributed by atoms with Gasteiger partial charge in [-0.15, -0.1) is 0 Å². The van der Waals surface area contributed by atoms with Crippen molar-refractivity contribution in [3.8, 4) is 17.2 Å². The van der Waals surface area contributed by atoms with Crippen molar-refractivity contribution in [2.24, 2.45) is 0 Å². The molecular formula is C18H20O4. The molecule has 0 saturated heterocycles. The third-order valence-corrected chi connectivity index (χ3v) is 3.53. The number of carbonyl (C=O) groups excluding carboxylic acids is 1. The van der Waals surface area contributed by atoms with Gasteiger partial charge in [0.05, 0.1) is 25.3 Å². The molecular weight excluding hydrogens is 280 g/mol. The molecule has 0 amide bonds. The Morgan fingerprint density at radius 2 is 1.77 bits per heavy atom. The minimum atomic E-state index is -0.269. The van der Waals surface area contributed by atoms with Gasteiger partial charge in [-0.3, -0.25) is 4.79 Å². The number of carbonyl (C=O) groups is 1. The van der Waals surface area contributed by atoms with Gasteiger partial charge in [-0.2, -0.15) is 0 Å². The van der Waals surface area contributed by atoms with Crippen molar-refractivity contribution >= 4 is 5.78 Å². The van der Waals surface area contributed by atoms with E-state index in [4.69, 9.17) is 9.47 Å². The molecule has 0 radical (unpaired) electrons. The summed E-state index contributed by atoms with van der Waals surface area (Å²) in [6.07, 6.45) is 1.65. The van der Waals surface area contributed by atoms with Gasteiger partial charge < -0.3 is 14.6 Å². The van der Waals surface area contributed by atoms with Gasteiger partial charge in [-0.05, 0) is 30.7 Å². The number of hydrogen-bond acceptors (Lipinski definition) is 4. The molecule has 0 aliphatic carbocycles. The summed E-state index contributed by atoms with van der Waals surface area (Å²) in [5.41, 5.74) is 1.55. The molecule has 0 atom stereocenters. The zero-order valence-corrected chi connectivity index (χ0v) is 13.1. The minimum Gasteiger partial charge on any atom is -0.507 e. The van der Waals surface area contributed by atoms with E-state index in [0.29, 0.717) is 17.1 Å². The monoisotopic (exact) mass is 300 g/mol. The lowest BCUT2D eigenvalue weighted by molar-refractivity contribution is 0.103. The fourth-order valence-corrected chi connectivity index (χ4v) is 2.51. The van der Waals surface area contributed by atoms with E-state index in [0.717, 1.165) is 18.4 Å². The molecule has 2 rings (SSSR count). The van der Waals surface area contributed by atoms with Crippen molar-refractivity contribution in [2.75, 3.05) is 14.2 Å². The third-order valence-electron chi connectivity index (χ3n) is 3.53. The summed E-state index contributed by atoms with van der Waals surface area (Å²) in [5.74, 6) is 0.902. The average Bonchev–Trinajstić information content (AvgIpc) is 2.54. The summed E-state index contributed by atoms with van der Waals surface area (Å²) < 4.78 is 10.8. The number of phenols is 1. The van der Waals surface area contributed by atoms with E-state index in [9.17, 15) is 9.90 Å². The summed E-state index contributed by atoms with van der Waals surface area (Å²) >= 11 is 0. The number of hydrogen-bond donors (Lipinski definition) is 1. The van der Waals surface area contributed by atoms with Crippen LogP contribution in [0, 0.1) is 0 Å². The minimum absolute atomic E-state index is 0.0394. The number of ether oxygens (including phenoxy) is 2. The van der Waals surface area contributed by atoms with E-state index in [1.54, 1.807) is 37.4 Å². The van der Waals surface area contributed by atoms with E-state index in [1.807, 2.05) is 0 Å². The van der Waals surface area contributed by atoms with Crippen molar-refractivity contribution in [2.45, 2.75) is 19.8 Å². The molecule has 0 aliphatic rings. The zero-order valence-electron chi connectivity index (χ0n) is 13.1. The maximum atomic E-state index is 12.7. The van der Waals surface area contributed by atoms with Crippen molar-refractivity contribution in [1.82, 2.24) is 0 Å². The van der Waals surface area contributed by atoms with Gasteiger partial charge in [0.1, 0.15) is 17.2 Å². The van der Waals surface area contributed by atoms with Crippen LogP contribution in [0.5, 0.6) is 17.2 Å². The van der Waals surface area contributed by atoms with Crippen LogP contribution in [-0.2, 0) is 6.42 Å². The molecule has 4 heteroatoms. The van der Waals surface area contributed by atoms with E-state index >= 15 is 0 Å². The molecule has 0 bridgehead atoms. The van der Waals surface area contributed by atoms with Crippen LogP contribution in [0.4, 0.5) is 0 Å². The first-order valence-electron chi connectivity index (χ1n) is 7.20. The maximum absolute atomic E-state index is 12.7. The summed E-state index contributed by atoms with van der Waals surface area (Å²) in [4.78, 5) is 12.7. The number of benzene rings is 2. The Morgan fingerprint density at radius 1 is 1.05 bits per heavy atom. The number of phenolic OH excluding ortho intramolecular Hbond substituents is 1. The molecule has 0 heterocycles. The van der Waals surface area contributed by atoms with Gasteiger partial charge in [0.15, 0.2) is 5.78 Å². The van der Waals surface area contributed by atoms with Crippen LogP contribution in [0.3, 0.4) is 0 Å². The van der Waals surface area contributed by atoms with E-state index in [1.165, 1.54) is 13.2 Å². The van der Waals surface area contributed by atoms with Crippen LogP contribution < -0.4 is 9.47 Å². The Morgan fingerprint density at radius 3 is 2.36 bits per heavy atom. The Hall–Kier alpha value is -2.49. The Labute approximate surface area is 130 Å². The molecule has 0 aliphatic heterocycles. The van der Waals surface area contributed by atoms with Gasteiger partial charge in [0.2, 0.25) is 0 Å².